The maximum absolute atomic E-state index is 4.77. The molecule has 0 fully saturated rings. The smallest absolute Gasteiger partial charge is 0.0962 e. The van der Waals surface area contributed by atoms with Crippen molar-refractivity contribution in [1.29, 1.82) is 0 Å². The van der Waals surface area contributed by atoms with E-state index in [1.165, 1.54) is 47.1 Å². The minimum Gasteiger partial charge on any atom is -0.189 e. The lowest BCUT2D eigenvalue weighted by Crippen LogP contribution is -2.05. The molecule has 1 atom stereocenters. The fourth-order valence-electron chi connectivity index (χ4n) is 4.17. The van der Waals surface area contributed by atoms with E-state index in [4.69, 9.17) is 5.11 Å². The Morgan fingerprint density at radius 1 is 1.00 bits per heavy atom. The molecule has 1 aliphatic rings. The number of hydrogen-bond donors (Lipinski definition) is 0. The molecule has 0 saturated heterocycles. The van der Waals surface area contributed by atoms with Gasteiger partial charge in [0.15, 0.2) is 0 Å². The van der Waals surface area contributed by atoms with Crippen LogP contribution in [0.2, 0.25) is 0 Å². The van der Waals surface area contributed by atoms with Crippen LogP contribution in [0.3, 0.4) is 0 Å². The Kier molecular flexibility index (Phi) is 7.19. The largest absolute Gasteiger partial charge is 0.189 e. The lowest BCUT2D eigenvalue weighted by molar-refractivity contribution is 0.481. The second-order valence-corrected chi connectivity index (χ2v) is 8.39. The van der Waals surface area contributed by atoms with Gasteiger partial charge in [-0.15, -0.1) is 0 Å². The summed E-state index contributed by atoms with van der Waals surface area (Å²) in [5, 5.41) is 9.28. The summed E-state index contributed by atoms with van der Waals surface area (Å²) >= 11 is 0. The minimum atomic E-state index is 0.564. The van der Waals surface area contributed by atoms with Crippen LogP contribution in [0.5, 0.6) is 0 Å². The lowest BCUT2D eigenvalue weighted by Gasteiger charge is -2.21. The molecule has 2 aromatic rings. The van der Waals surface area contributed by atoms with Crippen molar-refractivity contribution in [1.82, 2.24) is 0 Å². The van der Waals surface area contributed by atoms with Crippen molar-refractivity contribution < 1.29 is 0 Å². The first-order valence-electron chi connectivity index (χ1n) is 10.9. The highest BCUT2D eigenvalue weighted by Gasteiger charge is 2.22. The third kappa shape index (κ3) is 4.79. The molecule has 0 saturated carbocycles. The van der Waals surface area contributed by atoms with Crippen LogP contribution in [0.1, 0.15) is 81.5 Å². The summed E-state index contributed by atoms with van der Waals surface area (Å²) in [7, 11) is 0. The zero-order chi connectivity index (χ0) is 19.9. The summed E-state index contributed by atoms with van der Waals surface area (Å²) in [4.78, 5) is 0. The maximum atomic E-state index is 4.77. The van der Waals surface area contributed by atoms with Gasteiger partial charge in [-0.1, -0.05) is 75.7 Å². The van der Waals surface area contributed by atoms with Gasteiger partial charge in [0.05, 0.1) is 12.2 Å². The van der Waals surface area contributed by atoms with Crippen LogP contribution in [-0.2, 0) is 6.42 Å². The Morgan fingerprint density at radius 2 is 1.71 bits per heavy atom. The van der Waals surface area contributed by atoms with Crippen molar-refractivity contribution in [2.45, 2.75) is 65.7 Å². The SMILES string of the molecule is CCCN=N/C1=C(\C)c2ccccc2CCC(CCC(C)C)c2ccccc21. The second-order valence-electron chi connectivity index (χ2n) is 8.39. The zero-order valence-corrected chi connectivity index (χ0v) is 17.9. The Balaban J connectivity index is 2.16. The average Bonchev–Trinajstić information content (AvgIpc) is 2.75. The summed E-state index contributed by atoms with van der Waals surface area (Å²) < 4.78 is 0. The molecule has 2 heteroatoms. The fraction of sp³-hybridized carbons (Fsp3) is 0.462. The zero-order valence-electron chi connectivity index (χ0n) is 17.9. The Bertz CT molecular complexity index is 845. The van der Waals surface area contributed by atoms with Crippen LogP contribution in [-0.4, -0.2) is 6.54 Å². The summed E-state index contributed by atoms with van der Waals surface area (Å²) in [6.07, 6.45) is 5.81. The first-order chi connectivity index (χ1) is 13.6. The van der Waals surface area contributed by atoms with Crippen molar-refractivity contribution >= 4 is 11.3 Å². The molecule has 0 bridgehead atoms. The summed E-state index contributed by atoms with van der Waals surface area (Å²) in [6.45, 7) is 9.78. The van der Waals surface area contributed by atoms with Crippen LogP contribution in [0.25, 0.3) is 11.3 Å². The van der Waals surface area contributed by atoms with Gasteiger partial charge in [-0.2, -0.15) is 10.2 Å². The van der Waals surface area contributed by atoms with E-state index in [1.807, 2.05) is 0 Å². The number of benzene rings is 2. The molecule has 0 spiro atoms. The fourth-order valence-corrected chi connectivity index (χ4v) is 4.17. The van der Waals surface area contributed by atoms with Gasteiger partial charge in [-0.25, -0.2) is 0 Å². The summed E-state index contributed by atoms with van der Waals surface area (Å²) in [5.74, 6) is 1.29. The van der Waals surface area contributed by atoms with Gasteiger partial charge >= 0.3 is 0 Å². The molecule has 0 amide bonds. The highest BCUT2D eigenvalue weighted by Crippen LogP contribution is 2.39. The third-order valence-electron chi connectivity index (χ3n) is 5.78. The minimum absolute atomic E-state index is 0.564. The van der Waals surface area contributed by atoms with Gasteiger partial charge in [0.25, 0.3) is 0 Å². The Hall–Kier alpha value is -2.22. The molecule has 1 unspecified atom stereocenters. The summed E-state index contributed by atoms with van der Waals surface area (Å²) in [5.41, 5.74) is 7.77. The molecule has 2 nitrogen and oxygen atoms in total. The van der Waals surface area contributed by atoms with Crippen molar-refractivity contribution in [3.05, 3.63) is 70.8 Å². The number of hydrogen-bond acceptors (Lipinski definition) is 2. The predicted molar refractivity (Wildman–Crippen MR) is 121 cm³/mol. The number of aryl methyl sites for hydroxylation is 1. The van der Waals surface area contributed by atoms with Crippen molar-refractivity contribution in [2.75, 3.05) is 6.54 Å². The van der Waals surface area contributed by atoms with Crippen LogP contribution in [0.4, 0.5) is 0 Å². The Morgan fingerprint density at radius 3 is 2.46 bits per heavy atom. The van der Waals surface area contributed by atoms with Crippen molar-refractivity contribution in [3.8, 4) is 0 Å². The lowest BCUT2D eigenvalue weighted by atomic mass is 9.84. The molecule has 0 aliphatic heterocycles. The number of nitrogens with zero attached hydrogens (tertiary/aromatic N) is 2. The molecule has 28 heavy (non-hydrogen) atoms. The molecule has 0 aromatic heterocycles. The Labute approximate surface area is 170 Å². The molecular weight excluding hydrogens is 340 g/mol. The molecular formula is C26H34N2. The maximum Gasteiger partial charge on any atom is 0.0962 e. The van der Waals surface area contributed by atoms with E-state index in [0.717, 1.165) is 31.0 Å². The molecule has 0 radical (unpaired) electrons. The van der Waals surface area contributed by atoms with Gasteiger partial charge in [-0.3, -0.25) is 0 Å². The van der Waals surface area contributed by atoms with Crippen LogP contribution in [0.15, 0.2) is 58.8 Å². The van der Waals surface area contributed by atoms with E-state index in [2.05, 4.69) is 81.3 Å². The van der Waals surface area contributed by atoms with E-state index in [0.29, 0.717) is 5.92 Å². The normalized spacial score (nSPS) is 19.8. The highest BCUT2D eigenvalue weighted by atomic mass is 15.1. The summed E-state index contributed by atoms with van der Waals surface area (Å²) in [6, 6.07) is 17.7. The standard InChI is InChI=1S/C26H34N2/c1-5-18-27-28-26-20(4)23-11-7-6-10-21(23)16-17-22(15-14-19(2)3)24-12-8-9-13-25(24)26/h6-13,19,22H,5,14-18H2,1-4H3/b26-20+,28-27?. The number of azo groups is 1. The van der Waals surface area contributed by atoms with E-state index in [9.17, 15) is 0 Å². The molecule has 148 valence electrons. The van der Waals surface area contributed by atoms with Crippen LogP contribution < -0.4 is 0 Å². The molecule has 0 heterocycles. The van der Waals surface area contributed by atoms with Gasteiger partial charge in [0.1, 0.15) is 0 Å². The van der Waals surface area contributed by atoms with E-state index >= 15 is 0 Å². The third-order valence-corrected chi connectivity index (χ3v) is 5.78. The number of allylic oxidation sites excluding steroid dienone is 1. The monoisotopic (exact) mass is 374 g/mol. The number of rotatable bonds is 6. The van der Waals surface area contributed by atoms with Crippen LogP contribution >= 0.6 is 0 Å². The van der Waals surface area contributed by atoms with Crippen molar-refractivity contribution in [2.24, 2.45) is 16.1 Å². The molecule has 1 aliphatic carbocycles. The van der Waals surface area contributed by atoms with E-state index < -0.39 is 0 Å². The topological polar surface area (TPSA) is 24.7 Å². The quantitative estimate of drug-likeness (QED) is 0.459. The van der Waals surface area contributed by atoms with Gasteiger partial charge in [0, 0.05) is 5.56 Å². The molecule has 2 aromatic carbocycles. The second kappa shape index (κ2) is 9.82. The van der Waals surface area contributed by atoms with Crippen LogP contribution in [0, 0.1) is 5.92 Å². The molecule has 3 rings (SSSR count). The van der Waals surface area contributed by atoms with Crippen molar-refractivity contribution in [3.63, 3.8) is 0 Å². The average molecular weight is 375 g/mol. The van der Waals surface area contributed by atoms with E-state index in [-0.39, 0.29) is 0 Å². The highest BCUT2D eigenvalue weighted by molar-refractivity contribution is 5.91. The van der Waals surface area contributed by atoms with Gasteiger partial charge < -0.3 is 0 Å². The number of fused-ring (bicyclic) bond motifs is 2. The predicted octanol–water partition coefficient (Wildman–Crippen LogP) is 7.90. The van der Waals surface area contributed by atoms with E-state index in [1.54, 1.807) is 0 Å². The first-order valence-corrected chi connectivity index (χ1v) is 10.9. The molecule has 0 N–H and O–H groups in total. The first kappa shape index (κ1) is 20.5. The van der Waals surface area contributed by atoms with Gasteiger partial charge in [-0.05, 0) is 66.7 Å². The van der Waals surface area contributed by atoms with Gasteiger partial charge in [0.2, 0.25) is 0 Å².